The average Bonchev–Trinajstić information content (AvgIpc) is 2.75. The van der Waals surface area contributed by atoms with Gasteiger partial charge in [-0.25, -0.2) is 13.1 Å². The summed E-state index contributed by atoms with van der Waals surface area (Å²) in [5.41, 5.74) is 2.67. The lowest BCUT2D eigenvalue weighted by Crippen LogP contribution is -2.54. The van der Waals surface area contributed by atoms with E-state index in [9.17, 15) is 8.42 Å². The van der Waals surface area contributed by atoms with Crippen LogP contribution in [0.25, 0.3) is 5.57 Å². The maximum absolute atomic E-state index is 12.9. The van der Waals surface area contributed by atoms with E-state index in [4.69, 9.17) is 11.6 Å². The van der Waals surface area contributed by atoms with Gasteiger partial charge in [-0.05, 0) is 54.7 Å². The third-order valence-corrected chi connectivity index (χ3v) is 7.77. The van der Waals surface area contributed by atoms with Gasteiger partial charge < -0.3 is 0 Å². The van der Waals surface area contributed by atoms with Crippen molar-refractivity contribution in [3.05, 3.63) is 71.3 Å². The van der Waals surface area contributed by atoms with Gasteiger partial charge >= 0.3 is 0 Å². The van der Waals surface area contributed by atoms with E-state index in [-0.39, 0.29) is 17.0 Å². The maximum Gasteiger partial charge on any atom is 0.240 e. The van der Waals surface area contributed by atoms with Crippen LogP contribution in [0.1, 0.15) is 37.7 Å². The lowest BCUT2D eigenvalue weighted by molar-refractivity contribution is 0.144. The minimum absolute atomic E-state index is 0.0592. The first kappa shape index (κ1) is 20.6. The zero-order valence-corrected chi connectivity index (χ0v) is 18.0. The molecule has 0 spiro atoms. The number of nitrogens with zero attached hydrogens (tertiary/aromatic N) is 1. The van der Waals surface area contributed by atoms with E-state index in [1.807, 2.05) is 6.07 Å². The molecule has 2 atom stereocenters. The van der Waals surface area contributed by atoms with Crippen molar-refractivity contribution >= 4 is 27.2 Å². The van der Waals surface area contributed by atoms with Crippen LogP contribution in [0.3, 0.4) is 0 Å². The topological polar surface area (TPSA) is 49.4 Å². The van der Waals surface area contributed by atoms with Crippen LogP contribution in [0, 0.1) is 0 Å². The number of hydrogen-bond acceptors (Lipinski definition) is 3. The minimum Gasteiger partial charge on any atom is -0.295 e. The zero-order chi connectivity index (χ0) is 20.3. The summed E-state index contributed by atoms with van der Waals surface area (Å²) in [6.45, 7) is 1.83. The molecular formula is C23H27ClN2O2S. The third kappa shape index (κ3) is 4.92. The predicted molar refractivity (Wildman–Crippen MR) is 118 cm³/mol. The summed E-state index contributed by atoms with van der Waals surface area (Å²) < 4.78 is 28.8. The van der Waals surface area contributed by atoms with E-state index in [1.54, 1.807) is 24.3 Å². The zero-order valence-electron chi connectivity index (χ0n) is 16.4. The molecular weight excluding hydrogens is 404 g/mol. The SMILES string of the molecule is O=S(=O)(N[C@H]1CCCC[C@@H]1N1CC=C(c2ccccc2)CC1)c1ccc(Cl)cc1. The summed E-state index contributed by atoms with van der Waals surface area (Å²) in [6.07, 6.45) is 7.42. The predicted octanol–water partition coefficient (Wildman–Crippen LogP) is 4.72. The molecule has 0 unspecified atom stereocenters. The van der Waals surface area contributed by atoms with Crippen molar-refractivity contribution < 1.29 is 8.42 Å². The minimum atomic E-state index is -3.55. The molecule has 4 rings (SSSR count). The van der Waals surface area contributed by atoms with Crippen LogP contribution in [-0.2, 0) is 10.0 Å². The Balaban J connectivity index is 1.47. The van der Waals surface area contributed by atoms with Crippen molar-refractivity contribution in [2.24, 2.45) is 0 Å². The largest absolute Gasteiger partial charge is 0.295 e. The summed E-state index contributed by atoms with van der Waals surface area (Å²) in [5, 5.41) is 0.536. The summed E-state index contributed by atoms with van der Waals surface area (Å²) in [7, 11) is -3.55. The monoisotopic (exact) mass is 430 g/mol. The van der Waals surface area contributed by atoms with Gasteiger partial charge in [-0.2, -0.15) is 0 Å². The second-order valence-electron chi connectivity index (χ2n) is 7.87. The van der Waals surface area contributed by atoms with Gasteiger partial charge in [0.2, 0.25) is 10.0 Å². The van der Waals surface area contributed by atoms with Gasteiger partial charge in [-0.1, -0.05) is 60.9 Å². The first-order valence-electron chi connectivity index (χ1n) is 10.3. The fraction of sp³-hybridized carbons (Fsp3) is 0.391. The van der Waals surface area contributed by atoms with Crippen LogP contribution >= 0.6 is 11.6 Å². The molecule has 0 amide bonds. The molecule has 0 saturated heterocycles. The summed E-state index contributed by atoms with van der Waals surface area (Å²) in [6, 6.07) is 17.1. The molecule has 1 aliphatic carbocycles. The maximum atomic E-state index is 12.9. The fourth-order valence-electron chi connectivity index (χ4n) is 4.47. The molecule has 1 saturated carbocycles. The van der Waals surface area contributed by atoms with Crippen molar-refractivity contribution in [3.63, 3.8) is 0 Å². The Hall–Kier alpha value is -1.66. The second-order valence-corrected chi connectivity index (χ2v) is 10.0. The van der Waals surface area contributed by atoms with Crippen molar-refractivity contribution in [2.75, 3.05) is 13.1 Å². The van der Waals surface area contributed by atoms with Gasteiger partial charge in [0.05, 0.1) is 4.90 Å². The van der Waals surface area contributed by atoms with E-state index in [0.29, 0.717) is 5.02 Å². The van der Waals surface area contributed by atoms with Gasteiger partial charge in [0, 0.05) is 30.2 Å². The van der Waals surface area contributed by atoms with Crippen molar-refractivity contribution in [1.29, 1.82) is 0 Å². The Bertz CT molecular complexity index is 958. The quantitative estimate of drug-likeness (QED) is 0.746. The molecule has 29 heavy (non-hydrogen) atoms. The second kappa shape index (κ2) is 9.00. The smallest absolute Gasteiger partial charge is 0.240 e. The molecule has 2 aliphatic rings. The van der Waals surface area contributed by atoms with Crippen LogP contribution in [0.2, 0.25) is 5.02 Å². The normalized spacial score (nSPS) is 23.6. The van der Waals surface area contributed by atoms with Crippen LogP contribution < -0.4 is 4.72 Å². The Morgan fingerprint density at radius 3 is 2.38 bits per heavy atom. The molecule has 0 aromatic heterocycles. The van der Waals surface area contributed by atoms with E-state index < -0.39 is 10.0 Å². The molecule has 4 nitrogen and oxygen atoms in total. The van der Waals surface area contributed by atoms with Crippen LogP contribution in [0.4, 0.5) is 0 Å². The molecule has 1 heterocycles. The van der Waals surface area contributed by atoms with Crippen LogP contribution in [0.15, 0.2) is 65.6 Å². The van der Waals surface area contributed by atoms with Crippen LogP contribution in [0.5, 0.6) is 0 Å². The molecule has 2 aromatic rings. The van der Waals surface area contributed by atoms with Gasteiger partial charge in [0.1, 0.15) is 0 Å². The Morgan fingerprint density at radius 1 is 0.966 bits per heavy atom. The van der Waals surface area contributed by atoms with Crippen molar-refractivity contribution in [1.82, 2.24) is 9.62 Å². The summed E-state index contributed by atoms with van der Waals surface area (Å²) in [5.74, 6) is 0. The highest BCUT2D eigenvalue weighted by atomic mass is 35.5. The van der Waals surface area contributed by atoms with Crippen molar-refractivity contribution in [2.45, 2.75) is 49.1 Å². The number of nitrogens with one attached hydrogen (secondary N) is 1. The van der Waals surface area contributed by atoms with E-state index in [1.165, 1.54) is 11.1 Å². The molecule has 2 aromatic carbocycles. The number of benzene rings is 2. The van der Waals surface area contributed by atoms with Crippen LogP contribution in [-0.4, -0.2) is 38.5 Å². The first-order valence-corrected chi connectivity index (χ1v) is 12.2. The molecule has 0 radical (unpaired) electrons. The van der Waals surface area contributed by atoms with E-state index in [2.05, 4.69) is 40.0 Å². The van der Waals surface area contributed by atoms with Gasteiger partial charge in [-0.3, -0.25) is 4.90 Å². The van der Waals surface area contributed by atoms with Gasteiger partial charge in [-0.15, -0.1) is 0 Å². The van der Waals surface area contributed by atoms with Gasteiger partial charge in [0.25, 0.3) is 0 Å². The summed E-state index contributed by atoms with van der Waals surface area (Å²) in [4.78, 5) is 2.72. The Morgan fingerprint density at radius 2 is 1.69 bits per heavy atom. The van der Waals surface area contributed by atoms with E-state index in [0.717, 1.165) is 45.2 Å². The number of rotatable bonds is 5. The molecule has 1 fully saturated rings. The molecule has 1 aliphatic heterocycles. The Kier molecular flexibility index (Phi) is 6.40. The molecule has 6 heteroatoms. The van der Waals surface area contributed by atoms with Crippen molar-refractivity contribution in [3.8, 4) is 0 Å². The highest BCUT2D eigenvalue weighted by Crippen LogP contribution is 2.29. The fourth-order valence-corrected chi connectivity index (χ4v) is 5.90. The Labute approximate surface area is 178 Å². The standard InChI is InChI=1S/C23H27ClN2O2S/c24-20-10-12-21(13-11-20)29(27,28)25-22-8-4-5-9-23(22)26-16-14-19(15-17-26)18-6-2-1-3-7-18/h1-3,6-7,10-14,22-23,25H,4-5,8-9,15-17H2/t22-,23-/m0/s1. The molecule has 154 valence electrons. The average molecular weight is 431 g/mol. The molecule has 0 bridgehead atoms. The number of sulfonamides is 1. The van der Waals surface area contributed by atoms with Gasteiger partial charge in [0.15, 0.2) is 0 Å². The molecule has 1 N–H and O–H groups in total. The number of halogens is 1. The highest BCUT2D eigenvalue weighted by molar-refractivity contribution is 7.89. The number of hydrogen-bond donors (Lipinski definition) is 1. The highest BCUT2D eigenvalue weighted by Gasteiger charge is 2.33. The first-order chi connectivity index (χ1) is 14.0. The van der Waals surface area contributed by atoms with E-state index >= 15 is 0 Å². The summed E-state index contributed by atoms with van der Waals surface area (Å²) >= 11 is 5.91. The third-order valence-electron chi connectivity index (χ3n) is 6.01. The lowest BCUT2D eigenvalue weighted by Gasteiger charge is -2.41. The lowest BCUT2D eigenvalue weighted by atomic mass is 9.88.